The van der Waals surface area contributed by atoms with Crippen LogP contribution in [0.25, 0.3) is 11.1 Å². The zero-order chi connectivity index (χ0) is 26.4. The number of hydrogen-bond donors (Lipinski definition) is 2. The number of rotatable bonds is 9. The molecule has 0 aliphatic heterocycles. The Kier molecular flexibility index (Phi) is 7.95. The molecule has 0 aliphatic rings. The van der Waals surface area contributed by atoms with Crippen molar-refractivity contribution in [2.45, 2.75) is 18.2 Å². The Morgan fingerprint density at radius 1 is 0.865 bits per heavy atom. The van der Waals surface area contributed by atoms with Crippen molar-refractivity contribution in [2.24, 2.45) is 0 Å². The first-order valence-electron chi connectivity index (χ1n) is 11.5. The van der Waals surface area contributed by atoms with Crippen LogP contribution in [0.3, 0.4) is 0 Å². The number of benzene rings is 4. The third kappa shape index (κ3) is 6.78. The molecular weight excluding hydrogens is 498 g/mol. The highest BCUT2D eigenvalue weighted by Crippen LogP contribution is 2.36. The zero-order valence-corrected chi connectivity index (χ0v) is 20.7. The maximum absolute atomic E-state index is 13.9. The minimum atomic E-state index is -3.58. The topological polar surface area (TPSA) is 84.5 Å². The molecule has 0 bridgehead atoms. The van der Waals surface area contributed by atoms with E-state index in [4.69, 9.17) is 4.74 Å². The van der Waals surface area contributed by atoms with E-state index >= 15 is 0 Å². The molecule has 2 N–H and O–H groups in total. The quantitative estimate of drug-likeness (QED) is 0.287. The van der Waals surface area contributed by atoms with Crippen molar-refractivity contribution in [3.8, 4) is 22.6 Å². The summed E-state index contributed by atoms with van der Waals surface area (Å²) in [6.45, 7) is 1.96. The Hall–Kier alpha value is -4.08. The van der Waals surface area contributed by atoms with Crippen LogP contribution in [0.15, 0.2) is 95.9 Å². The average molecular weight is 523 g/mol. The smallest absolute Gasteiger partial charge is 0.240 e. The molecule has 0 spiro atoms. The molecule has 0 saturated carbocycles. The summed E-state index contributed by atoms with van der Waals surface area (Å²) in [5, 5.41) is 2.79. The monoisotopic (exact) mass is 522 g/mol. The largest absolute Gasteiger partial charge is 0.457 e. The summed E-state index contributed by atoms with van der Waals surface area (Å²) in [4.78, 5) is 12.8. The number of amides is 1. The van der Waals surface area contributed by atoms with Gasteiger partial charge in [-0.05, 0) is 59.7 Å². The summed E-state index contributed by atoms with van der Waals surface area (Å²) in [7, 11) is -3.58. The molecule has 4 aromatic rings. The van der Waals surface area contributed by atoms with E-state index in [0.29, 0.717) is 28.1 Å². The van der Waals surface area contributed by atoms with E-state index in [0.717, 1.165) is 0 Å². The van der Waals surface area contributed by atoms with E-state index in [1.54, 1.807) is 55.5 Å². The second-order valence-corrected chi connectivity index (χ2v) is 9.92. The van der Waals surface area contributed by atoms with Crippen LogP contribution in [0.1, 0.15) is 12.5 Å². The van der Waals surface area contributed by atoms with E-state index in [9.17, 15) is 22.0 Å². The lowest BCUT2D eigenvalue weighted by Crippen LogP contribution is -2.23. The van der Waals surface area contributed by atoms with E-state index in [1.807, 2.05) is 0 Å². The molecule has 0 fully saturated rings. The second-order valence-electron chi connectivity index (χ2n) is 8.15. The van der Waals surface area contributed by atoms with Gasteiger partial charge >= 0.3 is 0 Å². The number of halogens is 2. The lowest BCUT2D eigenvalue weighted by atomic mass is 10.0. The molecule has 9 heteroatoms. The number of sulfonamides is 1. The Bertz CT molecular complexity index is 1520. The predicted octanol–water partition coefficient (Wildman–Crippen LogP) is 5.90. The van der Waals surface area contributed by atoms with Crippen LogP contribution in [0, 0.1) is 11.6 Å². The Morgan fingerprint density at radius 3 is 2.24 bits per heavy atom. The van der Waals surface area contributed by atoms with Crippen molar-refractivity contribution in [2.75, 3.05) is 11.9 Å². The Labute approximate surface area is 214 Å². The lowest BCUT2D eigenvalue weighted by Gasteiger charge is -2.14. The van der Waals surface area contributed by atoms with Gasteiger partial charge < -0.3 is 10.1 Å². The highest BCUT2D eigenvalue weighted by molar-refractivity contribution is 7.89. The first-order valence-corrected chi connectivity index (χ1v) is 12.9. The van der Waals surface area contributed by atoms with Gasteiger partial charge in [0.1, 0.15) is 23.1 Å². The molecule has 1 amide bonds. The van der Waals surface area contributed by atoms with Gasteiger partial charge in [0.2, 0.25) is 15.9 Å². The third-order valence-corrected chi connectivity index (χ3v) is 6.92. The van der Waals surface area contributed by atoms with Crippen LogP contribution in [0.5, 0.6) is 11.5 Å². The maximum atomic E-state index is 13.9. The van der Waals surface area contributed by atoms with Gasteiger partial charge in [-0.2, -0.15) is 0 Å². The first-order chi connectivity index (χ1) is 17.7. The van der Waals surface area contributed by atoms with Gasteiger partial charge in [0.05, 0.1) is 11.3 Å². The lowest BCUT2D eigenvalue weighted by molar-refractivity contribution is -0.115. The minimum absolute atomic E-state index is 0.00721. The summed E-state index contributed by atoms with van der Waals surface area (Å²) in [5.41, 5.74) is 2.15. The van der Waals surface area contributed by atoms with Gasteiger partial charge in [0, 0.05) is 29.9 Å². The molecule has 6 nitrogen and oxygen atoms in total. The van der Waals surface area contributed by atoms with Gasteiger partial charge in [-0.3, -0.25) is 4.79 Å². The number of nitrogens with one attached hydrogen (secondary N) is 2. The maximum Gasteiger partial charge on any atom is 0.240 e. The van der Waals surface area contributed by atoms with Crippen molar-refractivity contribution in [1.29, 1.82) is 0 Å². The minimum Gasteiger partial charge on any atom is -0.457 e. The summed E-state index contributed by atoms with van der Waals surface area (Å²) in [5.74, 6) is -0.687. The number of anilines is 1. The van der Waals surface area contributed by atoms with Crippen LogP contribution in [-0.2, 0) is 21.2 Å². The van der Waals surface area contributed by atoms with Crippen molar-refractivity contribution in [1.82, 2.24) is 4.72 Å². The summed E-state index contributed by atoms with van der Waals surface area (Å²) >= 11 is 0. The average Bonchev–Trinajstić information content (AvgIpc) is 2.84. The fourth-order valence-corrected chi connectivity index (χ4v) is 4.73. The molecule has 0 aromatic heterocycles. The predicted molar refractivity (Wildman–Crippen MR) is 138 cm³/mol. The summed E-state index contributed by atoms with van der Waals surface area (Å²) in [6, 6.07) is 22.5. The van der Waals surface area contributed by atoms with Crippen molar-refractivity contribution >= 4 is 21.6 Å². The van der Waals surface area contributed by atoms with E-state index < -0.39 is 21.7 Å². The molecular formula is C28H24F2N2O4S. The normalized spacial score (nSPS) is 11.2. The van der Waals surface area contributed by atoms with Crippen LogP contribution >= 0.6 is 0 Å². The molecule has 0 heterocycles. The molecule has 37 heavy (non-hydrogen) atoms. The van der Waals surface area contributed by atoms with Gasteiger partial charge in [-0.25, -0.2) is 21.9 Å². The van der Waals surface area contributed by atoms with Gasteiger partial charge in [0.25, 0.3) is 0 Å². The molecule has 0 unspecified atom stereocenters. The molecule has 0 radical (unpaired) electrons. The highest BCUT2D eigenvalue weighted by atomic mass is 32.2. The Morgan fingerprint density at radius 2 is 1.57 bits per heavy atom. The van der Waals surface area contributed by atoms with Crippen molar-refractivity contribution in [3.05, 3.63) is 108 Å². The molecule has 4 rings (SSSR count). The fourth-order valence-electron chi connectivity index (χ4n) is 3.69. The molecule has 190 valence electrons. The Balaban J connectivity index is 1.55. The SMILES string of the molecule is CCNS(=O)(=O)c1ccc(CC(=O)Nc2ccc(-c3cccc(F)c3)c(Oc3cccc(F)c3)c2)cc1. The van der Waals surface area contributed by atoms with Gasteiger partial charge in [-0.15, -0.1) is 0 Å². The molecule has 0 saturated heterocycles. The molecule has 0 aliphatic carbocycles. The van der Waals surface area contributed by atoms with Crippen LogP contribution in [0.2, 0.25) is 0 Å². The third-order valence-electron chi connectivity index (χ3n) is 5.36. The standard InChI is InChI=1S/C28H24F2N2O4S/c1-2-31-37(34,35)25-12-9-19(10-13-25)15-28(33)32-23-11-14-26(20-5-3-6-21(29)16-20)27(18-23)36-24-8-4-7-22(30)17-24/h3-14,16-18,31H,2,15H2,1H3,(H,32,33). The second kappa shape index (κ2) is 11.3. The first kappa shape index (κ1) is 26.0. The number of hydrogen-bond acceptors (Lipinski definition) is 4. The number of carbonyl (C=O) groups is 1. The highest BCUT2D eigenvalue weighted by Gasteiger charge is 2.14. The van der Waals surface area contributed by atoms with E-state index in [-0.39, 0.29) is 29.5 Å². The van der Waals surface area contributed by atoms with Crippen LogP contribution in [0.4, 0.5) is 14.5 Å². The van der Waals surface area contributed by atoms with Crippen LogP contribution in [-0.4, -0.2) is 20.9 Å². The summed E-state index contributed by atoms with van der Waals surface area (Å²) in [6.07, 6.45) is 0.00721. The van der Waals surface area contributed by atoms with Gasteiger partial charge in [0.15, 0.2) is 0 Å². The summed E-state index contributed by atoms with van der Waals surface area (Å²) < 4.78 is 60.1. The number of carbonyl (C=O) groups excluding carboxylic acids is 1. The van der Waals surface area contributed by atoms with Crippen molar-refractivity contribution in [3.63, 3.8) is 0 Å². The fraction of sp³-hybridized carbons (Fsp3) is 0.107. The zero-order valence-electron chi connectivity index (χ0n) is 19.9. The van der Waals surface area contributed by atoms with E-state index in [2.05, 4.69) is 10.0 Å². The molecule has 0 atom stereocenters. The number of ether oxygens (including phenoxy) is 1. The van der Waals surface area contributed by atoms with Crippen LogP contribution < -0.4 is 14.8 Å². The van der Waals surface area contributed by atoms with Gasteiger partial charge in [-0.1, -0.05) is 37.3 Å². The van der Waals surface area contributed by atoms with Crippen molar-refractivity contribution < 1.29 is 26.7 Å². The molecule has 4 aromatic carbocycles. The van der Waals surface area contributed by atoms with E-state index in [1.165, 1.54) is 42.5 Å².